The Bertz CT molecular complexity index is 796. The molecule has 0 aromatic carbocycles. The van der Waals surface area contributed by atoms with Crippen molar-refractivity contribution >= 4 is 34.5 Å². The molecule has 5 nitrogen and oxygen atoms in total. The van der Waals surface area contributed by atoms with Gasteiger partial charge in [0.05, 0.1) is 6.54 Å². The summed E-state index contributed by atoms with van der Waals surface area (Å²) >= 11 is 2.97. The Balaban J connectivity index is 1.40. The molecular formula is C20H24N2O3S2. The van der Waals surface area contributed by atoms with Gasteiger partial charge in [-0.3, -0.25) is 9.59 Å². The van der Waals surface area contributed by atoms with Crippen LogP contribution in [0.3, 0.4) is 0 Å². The maximum Gasteiger partial charge on any atom is 0.309 e. The van der Waals surface area contributed by atoms with Gasteiger partial charge in [0, 0.05) is 16.3 Å². The van der Waals surface area contributed by atoms with E-state index in [4.69, 9.17) is 0 Å². The Morgan fingerprint density at radius 2 is 2.00 bits per heavy atom. The number of hydrogen-bond acceptors (Lipinski definition) is 5. The Morgan fingerprint density at radius 3 is 2.74 bits per heavy atom. The van der Waals surface area contributed by atoms with Gasteiger partial charge in [0.2, 0.25) is 0 Å². The first-order valence-electron chi connectivity index (χ1n) is 9.16. The molecule has 3 rings (SSSR count). The number of allylic oxidation sites excluding steroid dienone is 1. The molecule has 0 saturated heterocycles. The van der Waals surface area contributed by atoms with Crippen LogP contribution in [0.4, 0.5) is 0 Å². The minimum Gasteiger partial charge on any atom is -0.383 e. The molecule has 0 bridgehead atoms. The molecule has 0 saturated carbocycles. The van der Waals surface area contributed by atoms with Crippen LogP contribution in [0.5, 0.6) is 0 Å². The van der Waals surface area contributed by atoms with Crippen molar-refractivity contribution in [3.8, 4) is 0 Å². The first kappa shape index (κ1) is 19.8. The van der Waals surface area contributed by atoms with Crippen LogP contribution in [-0.2, 0) is 16.1 Å². The fourth-order valence-electron chi connectivity index (χ4n) is 3.03. The molecule has 0 aliphatic heterocycles. The number of nitrogens with one attached hydrogen (secondary N) is 2. The van der Waals surface area contributed by atoms with E-state index in [1.807, 2.05) is 29.0 Å². The van der Waals surface area contributed by atoms with Crippen LogP contribution in [-0.4, -0.2) is 23.5 Å². The van der Waals surface area contributed by atoms with Gasteiger partial charge in [-0.1, -0.05) is 11.6 Å². The van der Waals surface area contributed by atoms with Crippen molar-refractivity contribution in [3.63, 3.8) is 0 Å². The minimum absolute atomic E-state index is 0.276. The molecule has 144 valence electrons. The van der Waals surface area contributed by atoms with E-state index in [2.05, 4.69) is 16.7 Å². The lowest BCUT2D eigenvalue weighted by atomic mass is 9.97. The Kier molecular flexibility index (Phi) is 7.20. The average molecular weight is 405 g/mol. The second kappa shape index (κ2) is 9.82. The third-order valence-corrected chi connectivity index (χ3v) is 6.40. The topological polar surface area (TPSA) is 78.4 Å². The van der Waals surface area contributed by atoms with Gasteiger partial charge in [-0.15, -0.1) is 11.3 Å². The smallest absolute Gasteiger partial charge is 0.309 e. The van der Waals surface area contributed by atoms with Crippen molar-refractivity contribution in [1.29, 1.82) is 0 Å². The average Bonchev–Trinajstić information content (AvgIpc) is 3.38. The monoisotopic (exact) mass is 404 g/mol. The van der Waals surface area contributed by atoms with E-state index in [1.165, 1.54) is 29.8 Å². The third-order valence-electron chi connectivity index (χ3n) is 4.56. The van der Waals surface area contributed by atoms with Crippen molar-refractivity contribution in [2.24, 2.45) is 0 Å². The van der Waals surface area contributed by atoms with E-state index < -0.39 is 17.9 Å². The maximum atomic E-state index is 11.9. The van der Waals surface area contributed by atoms with Gasteiger partial charge in [-0.2, -0.15) is 11.3 Å². The molecule has 1 aliphatic carbocycles. The quantitative estimate of drug-likeness (QED) is 0.488. The predicted molar refractivity (Wildman–Crippen MR) is 109 cm³/mol. The van der Waals surface area contributed by atoms with Crippen molar-refractivity contribution in [2.75, 3.05) is 6.54 Å². The van der Waals surface area contributed by atoms with E-state index in [9.17, 15) is 14.7 Å². The molecular weight excluding hydrogens is 380 g/mol. The summed E-state index contributed by atoms with van der Waals surface area (Å²) in [5.41, 5.74) is 2.24. The van der Waals surface area contributed by atoms with E-state index in [0.717, 1.165) is 34.6 Å². The number of aliphatic hydroxyl groups excluding tert-OH is 1. The van der Waals surface area contributed by atoms with Crippen molar-refractivity contribution in [3.05, 3.63) is 55.9 Å². The first-order chi connectivity index (χ1) is 13.1. The second-order valence-electron chi connectivity index (χ2n) is 6.56. The molecule has 1 atom stereocenters. The molecule has 27 heavy (non-hydrogen) atoms. The van der Waals surface area contributed by atoms with Crippen molar-refractivity contribution in [1.82, 2.24) is 10.6 Å². The fraction of sp³-hybridized carbons (Fsp3) is 0.400. The van der Waals surface area contributed by atoms with Crippen molar-refractivity contribution < 1.29 is 14.7 Å². The standard InChI is InChI=1S/C20H24N2O3S2/c23-18(15-9-11-26-13-15)17-7-6-16(27-17)12-22-20(25)19(24)21-10-8-14-4-2-1-3-5-14/h4,6-7,9,11,13,18,23H,1-3,5,8,10,12H2,(H,21,24)(H,22,25)/t18-/m0/s1. The molecule has 7 heteroatoms. The zero-order chi connectivity index (χ0) is 19.1. The number of thiophene rings is 2. The Labute approximate surface area is 167 Å². The molecule has 0 radical (unpaired) electrons. The number of carbonyl (C=O) groups excluding carboxylic acids is 2. The number of aliphatic hydroxyl groups is 1. The normalized spacial score (nSPS) is 15.1. The summed E-state index contributed by atoms with van der Waals surface area (Å²) in [5.74, 6) is -1.22. The van der Waals surface area contributed by atoms with E-state index in [-0.39, 0.29) is 6.54 Å². The minimum atomic E-state index is -0.650. The van der Waals surface area contributed by atoms with Crippen molar-refractivity contribution in [2.45, 2.75) is 44.8 Å². The number of carbonyl (C=O) groups is 2. The van der Waals surface area contributed by atoms with Crippen LogP contribution >= 0.6 is 22.7 Å². The molecule has 0 unspecified atom stereocenters. The van der Waals surface area contributed by atoms with Crippen LogP contribution in [0, 0.1) is 0 Å². The predicted octanol–water partition coefficient (Wildman–Crippen LogP) is 3.51. The highest BCUT2D eigenvalue weighted by atomic mass is 32.1. The van der Waals surface area contributed by atoms with E-state index in [1.54, 1.807) is 11.3 Å². The van der Waals surface area contributed by atoms with E-state index >= 15 is 0 Å². The summed E-state index contributed by atoms with van der Waals surface area (Å²) < 4.78 is 0. The Hall–Kier alpha value is -1.96. The zero-order valence-corrected chi connectivity index (χ0v) is 16.7. The molecule has 1 aliphatic rings. The fourth-order valence-corrected chi connectivity index (χ4v) is 4.67. The van der Waals surface area contributed by atoms with Gasteiger partial charge in [0.15, 0.2) is 0 Å². The second-order valence-corrected chi connectivity index (χ2v) is 8.54. The highest BCUT2D eigenvalue weighted by molar-refractivity contribution is 7.12. The summed E-state index contributed by atoms with van der Waals surface area (Å²) in [7, 11) is 0. The summed E-state index contributed by atoms with van der Waals surface area (Å²) in [6.07, 6.45) is 7.08. The molecule has 2 aromatic rings. The molecule has 2 amide bonds. The zero-order valence-electron chi connectivity index (χ0n) is 15.1. The van der Waals surface area contributed by atoms with Gasteiger partial charge in [0.25, 0.3) is 0 Å². The number of rotatable bonds is 7. The summed E-state index contributed by atoms with van der Waals surface area (Å²) in [6.45, 7) is 0.770. The first-order valence-corrected chi connectivity index (χ1v) is 10.9. The Morgan fingerprint density at radius 1 is 1.15 bits per heavy atom. The largest absolute Gasteiger partial charge is 0.383 e. The highest BCUT2D eigenvalue weighted by Gasteiger charge is 2.16. The van der Waals surface area contributed by atoms with Gasteiger partial charge < -0.3 is 15.7 Å². The van der Waals surface area contributed by atoms with Gasteiger partial charge in [-0.05, 0) is 66.6 Å². The summed E-state index contributed by atoms with van der Waals surface area (Å²) in [6, 6.07) is 5.61. The van der Waals surface area contributed by atoms with Crippen LogP contribution in [0.15, 0.2) is 40.6 Å². The van der Waals surface area contributed by atoms with Crippen LogP contribution in [0.1, 0.15) is 53.5 Å². The number of hydrogen-bond donors (Lipinski definition) is 3. The third kappa shape index (κ3) is 5.76. The number of amides is 2. The summed E-state index contributed by atoms with van der Waals surface area (Å²) in [5, 5.41) is 19.5. The lowest BCUT2D eigenvalue weighted by Gasteiger charge is -2.12. The lowest BCUT2D eigenvalue weighted by Crippen LogP contribution is -2.39. The van der Waals surface area contributed by atoms with Crippen LogP contribution in [0.25, 0.3) is 0 Å². The van der Waals surface area contributed by atoms with Gasteiger partial charge >= 0.3 is 11.8 Å². The molecule has 0 spiro atoms. The highest BCUT2D eigenvalue weighted by Crippen LogP contribution is 2.29. The maximum absolute atomic E-state index is 11.9. The molecule has 3 N–H and O–H groups in total. The van der Waals surface area contributed by atoms with Crippen LogP contribution < -0.4 is 10.6 Å². The SMILES string of the molecule is O=C(NCCC1=CCCCC1)C(=O)NCc1ccc([C@@H](O)c2ccsc2)s1. The van der Waals surface area contributed by atoms with Gasteiger partial charge in [-0.25, -0.2) is 0 Å². The van der Waals surface area contributed by atoms with E-state index in [0.29, 0.717) is 6.54 Å². The molecule has 2 aromatic heterocycles. The molecule has 0 fully saturated rings. The summed E-state index contributed by atoms with van der Waals surface area (Å²) in [4.78, 5) is 25.6. The van der Waals surface area contributed by atoms with Gasteiger partial charge in [0.1, 0.15) is 6.10 Å². The molecule has 2 heterocycles. The van der Waals surface area contributed by atoms with Crippen LogP contribution in [0.2, 0.25) is 0 Å². The lowest BCUT2D eigenvalue weighted by molar-refractivity contribution is -0.139.